The number of fused-ring (bicyclic) bond motifs is 1. The molecular formula is C17H15N. The Labute approximate surface area is 107 Å². The van der Waals surface area contributed by atoms with Gasteiger partial charge in [0.1, 0.15) is 0 Å². The van der Waals surface area contributed by atoms with Gasteiger partial charge in [-0.3, -0.25) is 0 Å². The van der Waals surface area contributed by atoms with Gasteiger partial charge in [0.2, 0.25) is 0 Å². The minimum Gasteiger partial charge on any atom is -0.388 e. The second kappa shape index (κ2) is 4.53. The van der Waals surface area contributed by atoms with Crippen LogP contribution in [-0.4, -0.2) is 7.05 Å². The van der Waals surface area contributed by atoms with Crippen LogP contribution in [0.1, 0.15) is 0 Å². The summed E-state index contributed by atoms with van der Waals surface area (Å²) < 4.78 is 0. The quantitative estimate of drug-likeness (QED) is 0.684. The molecule has 0 saturated carbocycles. The molecule has 0 aromatic heterocycles. The zero-order chi connectivity index (χ0) is 12.4. The maximum atomic E-state index is 3.29. The van der Waals surface area contributed by atoms with Crippen molar-refractivity contribution in [3.05, 3.63) is 66.7 Å². The van der Waals surface area contributed by atoms with Crippen molar-refractivity contribution in [1.29, 1.82) is 0 Å². The Hall–Kier alpha value is -2.28. The molecule has 0 spiro atoms. The largest absolute Gasteiger partial charge is 0.388 e. The highest BCUT2D eigenvalue weighted by Crippen LogP contribution is 2.35. The Morgan fingerprint density at radius 2 is 1.44 bits per heavy atom. The maximum absolute atomic E-state index is 3.29. The molecule has 0 atom stereocenters. The number of nitrogens with one attached hydrogen (secondary N) is 1. The predicted octanol–water partition coefficient (Wildman–Crippen LogP) is 4.55. The number of hydrogen-bond donors (Lipinski definition) is 1. The molecule has 0 unspecified atom stereocenters. The fourth-order valence-electron chi connectivity index (χ4n) is 2.40. The fraction of sp³-hybridized carbons (Fsp3) is 0.0588. The smallest absolute Gasteiger partial charge is 0.0423 e. The van der Waals surface area contributed by atoms with E-state index in [1.807, 2.05) is 13.1 Å². The normalized spacial score (nSPS) is 10.5. The first-order chi connectivity index (χ1) is 8.90. The van der Waals surface area contributed by atoms with Gasteiger partial charge in [-0.2, -0.15) is 0 Å². The molecule has 0 fully saturated rings. The standard InChI is InChI=1S/C17H15N/c1-18-16-12-11-13-7-5-6-10-15(13)17(16)14-8-3-2-4-9-14/h2-12,18H,1H3. The van der Waals surface area contributed by atoms with E-state index in [1.165, 1.54) is 27.6 Å². The molecular weight excluding hydrogens is 218 g/mol. The highest BCUT2D eigenvalue weighted by atomic mass is 14.8. The third-order valence-corrected chi connectivity index (χ3v) is 3.26. The molecule has 0 bridgehead atoms. The summed E-state index contributed by atoms with van der Waals surface area (Å²) in [6.07, 6.45) is 0. The Morgan fingerprint density at radius 3 is 2.22 bits per heavy atom. The molecule has 3 rings (SSSR count). The summed E-state index contributed by atoms with van der Waals surface area (Å²) in [7, 11) is 1.97. The Kier molecular flexibility index (Phi) is 2.73. The van der Waals surface area contributed by atoms with E-state index in [0.29, 0.717) is 0 Å². The molecule has 0 saturated heterocycles. The average molecular weight is 233 g/mol. The van der Waals surface area contributed by atoms with Crippen LogP contribution >= 0.6 is 0 Å². The average Bonchev–Trinajstić information content (AvgIpc) is 2.47. The number of hydrogen-bond acceptors (Lipinski definition) is 1. The maximum Gasteiger partial charge on any atom is 0.0423 e. The van der Waals surface area contributed by atoms with Crippen LogP contribution in [0.4, 0.5) is 5.69 Å². The van der Waals surface area contributed by atoms with Crippen LogP contribution < -0.4 is 5.32 Å². The zero-order valence-corrected chi connectivity index (χ0v) is 10.4. The summed E-state index contributed by atoms with van der Waals surface area (Å²) in [6.45, 7) is 0. The Bertz CT molecular complexity index is 672. The summed E-state index contributed by atoms with van der Waals surface area (Å²) in [5.41, 5.74) is 3.69. The first-order valence-corrected chi connectivity index (χ1v) is 6.15. The van der Waals surface area contributed by atoms with Crippen LogP contribution in [0.25, 0.3) is 21.9 Å². The number of rotatable bonds is 2. The summed E-state index contributed by atoms with van der Waals surface area (Å²) in [5, 5.41) is 5.85. The number of anilines is 1. The van der Waals surface area contributed by atoms with Crippen LogP contribution in [0.3, 0.4) is 0 Å². The molecule has 0 amide bonds. The van der Waals surface area contributed by atoms with Gasteiger partial charge in [0.15, 0.2) is 0 Å². The van der Waals surface area contributed by atoms with E-state index < -0.39 is 0 Å². The van der Waals surface area contributed by atoms with Crippen LogP contribution in [-0.2, 0) is 0 Å². The summed E-state index contributed by atoms with van der Waals surface area (Å²) in [5.74, 6) is 0. The predicted molar refractivity (Wildman–Crippen MR) is 78.9 cm³/mol. The van der Waals surface area contributed by atoms with E-state index in [9.17, 15) is 0 Å². The second-order valence-corrected chi connectivity index (χ2v) is 4.33. The molecule has 3 aromatic carbocycles. The van der Waals surface area contributed by atoms with Gasteiger partial charge in [-0.15, -0.1) is 0 Å². The topological polar surface area (TPSA) is 12.0 Å². The summed E-state index contributed by atoms with van der Waals surface area (Å²) in [4.78, 5) is 0. The first kappa shape index (κ1) is 10.8. The first-order valence-electron chi connectivity index (χ1n) is 6.15. The molecule has 1 nitrogen and oxygen atoms in total. The van der Waals surface area contributed by atoms with Crippen LogP contribution in [0.15, 0.2) is 66.7 Å². The van der Waals surface area contributed by atoms with Crippen molar-refractivity contribution >= 4 is 16.5 Å². The molecule has 0 aliphatic heterocycles. The lowest BCUT2D eigenvalue weighted by Crippen LogP contribution is -1.93. The van der Waals surface area contributed by atoms with Crippen molar-refractivity contribution in [2.24, 2.45) is 0 Å². The lowest BCUT2D eigenvalue weighted by atomic mass is 9.96. The van der Waals surface area contributed by atoms with Crippen LogP contribution in [0, 0.1) is 0 Å². The molecule has 1 heteroatoms. The van der Waals surface area contributed by atoms with Crippen molar-refractivity contribution in [2.45, 2.75) is 0 Å². The molecule has 88 valence electrons. The number of benzene rings is 3. The summed E-state index contributed by atoms with van der Waals surface area (Å²) >= 11 is 0. The minimum atomic E-state index is 1.17. The van der Waals surface area contributed by atoms with Gasteiger partial charge < -0.3 is 5.32 Å². The van der Waals surface area contributed by atoms with E-state index in [0.717, 1.165) is 0 Å². The molecule has 0 heterocycles. The zero-order valence-electron chi connectivity index (χ0n) is 10.4. The third-order valence-electron chi connectivity index (χ3n) is 3.26. The Morgan fingerprint density at radius 1 is 0.722 bits per heavy atom. The van der Waals surface area contributed by atoms with Gasteiger partial charge in [-0.25, -0.2) is 0 Å². The van der Waals surface area contributed by atoms with E-state index in [2.05, 4.69) is 66.0 Å². The van der Waals surface area contributed by atoms with Gasteiger partial charge in [-0.1, -0.05) is 60.7 Å². The van der Waals surface area contributed by atoms with Gasteiger partial charge in [0.05, 0.1) is 0 Å². The molecule has 18 heavy (non-hydrogen) atoms. The van der Waals surface area contributed by atoms with E-state index in [4.69, 9.17) is 0 Å². The van der Waals surface area contributed by atoms with Gasteiger partial charge in [0, 0.05) is 18.3 Å². The van der Waals surface area contributed by atoms with Gasteiger partial charge >= 0.3 is 0 Å². The van der Waals surface area contributed by atoms with Crippen LogP contribution in [0.2, 0.25) is 0 Å². The van der Waals surface area contributed by atoms with E-state index in [-0.39, 0.29) is 0 Å². The van der Waals surface area contributed by atoms with Crippen molar-refractivity contribution < 1.29 is 0 Å². The molecule has 3 aromatic rings. The summed E-state index contributed by atoms with van der Waals surface area (Å²) in [6, 6.07) is 23.3. The second-order valence-electron chi connectivity index (χ2n) is 4.33. The lowest BCUT2D eigenvalue weighted by molar-refractivity contribution is 1.52. The highest BCUT2D eigenvalue weighted by molar-refractivity contribution is 6.02. The molecule has 0 aliphatic carbocycles. The van der Waals surface area contributed by atoms with Gasteiger partial charge in [-0.05, 0) is 22.4 Å². The molecule has 1 N–H and O–H groups in total. The van der Waals surface area contributed by atoms with E-state index >= 15 is 0 Å². The van der Waals surface area contributed by atoms with Crippen molar-refractivity contribution in [2.75, 3.05) is 12.4 Å². The van der Waals surface area contributed by atoms with Crippen molar-refractivity contribution in [1.82, 2.24) is 0 Å². The SMILES string of the molecule is CNc1ccc2ccccc2c1-c1ccccc1. The van der Waals surface area contributed by atoms with Crippen LogP contribution in [0.5, 0.6) is 0 Å². The van der Waals surface area contributed by atoms with Crippen molar-refractivity contribution in [3.8, 4) is 11.1 Å². The third kappa shape index (κ3) is 1.74. The monoisotopic (exact) mass is 233 g/mol. The fourth-order valence-corrected chi connectivity index (χ4v) is 2.40. The van der Waals surface area contributed by atoms with E-state index in [1.54, 1.807) is 0 Å². The lowest BCUT2D eigenvalue weighted by Gasteiger charge is -2.13. The Balaban J connectivity index is 2.38. The highest BCUT2D eigenvalue weighted by Gasteiger charge is 2.08. The molecule has 0 aliphatic rings. The van der Waals surface area contributed by atoms with Gasteiger partial charge in [0.25, 0.3) is 0 Å². The van der Waals surface area contributed by atoms with Crippen molar-refractivity contribution in [3.63, 3.8) is 0 Å². The minimum absolute atomic E-state index is 1.17. The molecule has 0 radical (unpaired) electrons.